The molecule has 1 aromatic carbocycles. The van der Waals surface area contributed by atoms with Crippen LogP contribution in [0.5, 0.6) is 0 Å². The molecular weight excluding hydrogens is 271 g/mol. The van der Waals surface area contributed by atoms with Gasteiger partial charge in [-0.3, -0.25) is 4.57 Å². The fourth-order valence-corrected chi connectivity index (χ4v) is 1.96. The van der Waals surface area contributed by atoms with Gasteiger partial charge in [0.2, 0.25) is 11.9 Å². The van der Waals surface area contributed by atoms with Crippen LogP contribution in [0.25, 0.3) is 17.3 Å². The minimum atomic E-state index is -0.319. The zero-order valence-corrected chi connectivity index (χ0v) is 11.6. The number of aromatic nitrogens is 5. The van der Waals surface area contributed by atoms with Gasteiger partial charge < -0.3 is 5.32 Å². The van der Waals surface area contributed by atoms with E-state index in [1.807, 2.05) is 13.0 Å². The minimum absolute atomic E-state index is 0.319. The maximum Gasteiger partial charge on any atom is 0.240 e. The number of aryl methyl sites for hydroxylation is 1. The van der Waals surface area contributed by atoms with Crippen LogP contribution in [-0.4, -0.2) is 31.6 Å². The molecule has 2 heterocycles. The summed E-state index contributed by atoms with van der Waals surface area (Å²) in [6.07, 6.45) is 4.96. The van der Waals surface area contributed by atoms with Gasteiger partial charge in [0.05, 0.1) is 0 Å². The van der Waals surface area contributed by atoms with Gasteiger partial charge in [-0.25, -0.2) is 9.37 Å². The lowest BCUT2D eigenvalue weighted by molar-refractivity contribution is 0.627. The maximum atomic E-state index is 13.6. The highest BCUT2D eigenvalue weighted by atomic mass is 19.1. The number of nitrogens with one attached hydrogen (secondary N) is 1. The lowest BCUT2D eigenvalue weighted by Gasteiger charge is -2.08. The van der Waals surface area contributed by atoms with E-state index in [-0.39, 0.29) is 5.82 Å². The summed E-state index contributed by atoms with van der Waals surface area (Å²) in [5.74, 6) is 0.913. The molecule has 0 aliphatic rings. The zero-order valence-electron chi connectivity index (χ0n) is 11.6. The third-order valence-corrected chi connectivity index (χ3v) is 2.88. The van der Waals surface area contributed by atoms with Gasteiger partial charge >= 0.3 is 0 Å². The van der Waals surface area contributed by atoms with E-state index in [0.29, 0.717) is 23.3 Å². The summed E-state index contributed by atoms with van der Waals surface area (Å²) >= 11 is 0. The zero-order chi connectivity index (χ0) is 14.8. The SMILES string of the molecule is CNc1nc(-c2cc(C)cc(F)c2)nc(-n2ccnc2)n1. The Balaban J connectivity index is 2.15. The number of hydrogen-bond acceptors (Lipinski definition) is 5. The van der Waals surface area contributed by atoms with E-state index in [1.54, 1.807) is 30.3 Å². The van der Waals surface area contributed by atoms with Crippen molar-refractivity contribution < 1.29 is 4.39 Å². The number of nitrogens with zero attached hydrogens (tertiary/aromatic N) is 5. The molecule has 21 heavy (non-hydrogen) atoms. The van der Waals surface area contributed by atoms with Crippen molar-refractivity contribution >= 4 is 5.95 Å². The molecule has 3 aromatic rings. The van der Waals surface area contributed by atoms with Crippen LogP contribution >= 0.6 is 0 Å². The van der Waals surface area contributed by atoms with Crippen molar-refractivity contribution in [2.24, 2.45) is 0 Å². The first-order chi connectivity index (χ1) is 10.2. The van der Waals surface area contributed by atoms with E-state index in [4.69, 9.17) is 0 Å². The first-order valence-electron chi connectivity index (χ1n) is 6.35. The van der Waals surface area contributed by atoms with E-state index in [2.05, 4.69) is 25.3 Å². The predicted molar refractivity (Wildman–Crippen MR) is 76.6 cm³/mol. The van der Waals surface area contributed by atoms with Gasteiger partial charge in [0.15, 0.2) is 5.82 Å². The van der Waals surface area contributed by atoms with E-state index < -0.39 is 0 Å². The number of benzene rings is 1. The van der Waals surface area contributed by atoms with Crippen LogP contribution in [-0.2, 0) is 0 Å². The van der Waals surface area contributed by atoms with Crippen LogP contribution in [0.2, 0.25) is 0 Å². The summed E-state index contributed by atoms with van der Waals surface area (Å²) in [6, 6.07) is 4.69. The van der Waals surface area contributed by atoms with E-state index in [1.165, 1.54) is 12.1 Å². The van der Waals surface area contributed by atoms with Crippen LogP contribution in [0.15, 0.2) is 36.9 Å². The molecule has 0 aliphatic carbocycles. The van der Waals surface area contributed by atoms with Crippen LogP contribution in [0, 0.1) is 12.7 Å². The quantitative estimate of drug-likeness (QED) is 0.798. The number of hydrogen-bond donors (Lipinski definition) is 1. The molecule has 3 rings (SSSR count). The topological polar surface area (TPSA) is 68.5 Å². The number of rotatable bonds is 3. The van der Waals surface area contributed by atoms with Crippen LogP contribution in [0.3, 0.4) is 0 Å². The Bertz CT molecular complexity index is 749. The molecule has 0 fully saturated rings. The minimum Gasteiger partial charge on any atom is -0.357 e. The van der Waals surface area contributed by atoms with Crippen molar-refractivity contribution in [2.45, 2.75) is 6.92 Å². The van der Waals surface area contributed by atoms with Gasteiger partial charge in [-0.15, -0.1) is 0 Å². The lowest BCUT2D eigenvalue weighted by atomic mass is 10.1. The summed E-state index contributed by atoms with van der Waals surface area (Å²) < 4.78 is 15.2. The van der Waals surface area contributed by atoms with E-state index >= 15 is 0 Å². The second-order valence-electron chi connectivity index (χ2n) is 4.52. The average Bonchev–Trinajstić information content (AvgIpc) is 3.00. The molecule has 2 aromatic heterocycles. The van der Waals surface area contributed by atoms with Crippen molar-refractivity contribution in [3.8, 4) is 17.3 Å². The molecule has 6 nitrogen and oxygen atoms in total. The molecule has 0 atom stereocenters. The fraction of sp³-hybridized carbons (Fsp3) is 0.143. The molecule has 106 valence electrons. The lowest BCUT2D eigenvalue weighted by Crippen LogP contribution is -2.07. The van der Waals surface area contributed by atoms with Crippen LogP contribution < -0.4 is 5.32 Å². The summed E-state index contributed by atoms with van der Waals surface area (Å²) in [6.45, 7) is 1.82. The predicted octanol–water partition coefficient (Wildman–Crippen LogP) is 2.21. The summed E-state index contributed by atoms with van der Waals surface area (Å²) in [5.41, 5.74) is 1.41. The highest BCUT2D eigenvalue weighted by Gasteiger charge is 2.10. The van der Waals surface area contributed by atoms with Gasteiger partial charge in [0.1, 0.15) is 12.1 Å². The number of halogens is 1. The molecule has 0 saturated carbocycles. The monoisotopic (exact) mass is 284 g/mol. The van der Waals surface area contributed by atoms with E-state index in [0.717, 1.165) is 5.56 Å². The summed E-state index contributed by atoms with van der Waals surface area (Å²) in [7, 11) is 1.72. The highest BCUT2D eigenvalue weighted by molar-refractivity contribution is 5.58. The van der Waals surface area contributed by atoms with Crippen molar-refractivity contribution in [3.63, 3.8) is 0 Å². The fourth-order valence-electron chi connectivity index (χ4n) is 1.96. The van der Waals surface area contributed by atoms with Gasteiger partial charge in [-0.1, -0.05) is 0 Å². The van der Waals surface area contributed by atoms with Crippen molar-refractivity contribution in [1.82, 2.24) is 24.5 Å². The molecule has 0 bridgehead atoms. The van der Waals surface area contributed by atoms with Gasteiger partial charge in [-0.05, 0) is 30.7 Å². The van der Waals surface area contributed by atoms with Crippen LogP contribution in [0.1, 0.15) is 5.56 Å². The molecule has 0 spiro atoms. The Morgan fingerprint density at radius 3 is 2.67 bits per heavy atom. The van der Waals surface area contributed by atoms with Crippen molar-refractivity contribution in [2.75, 3.05) is 12.4 Å². The molecular formula is C14H13FN6. The smallest absolute Gasteiger partial charge is 0.240 e. The highest BCUT2D eigenvalue weighted by Crippen LogP contribution is 2.20. The normalized spacial score (nSPS) is 10.6. The molecule has 7 heteroatoms. The molecule has 1 N–H and O–H groups in total. The Morgan fingerprint density at radius 2 is 2.00 bits per heavy atom. The molecule has 0 aliphatic heterocycles. The molecule has 0 amide bonds. The van der Waals surface area contributed by atoms with E-state index in [9.17, 15) is 4.39 Å². The molecule has 0 saturated heterocycles. The third-order valence-electron chi connectivity index (χ3n) is 2.88. The number of imidazole rings is 1. The molecule has 0 unspecified atom stereocenters. The van der Waals surface area contributed by atoms with Crippen LogP contribution in [0.4, 0.5) is 10.3 Å². The number of anilines is 1. The second kappa shape index (κ2) is 5.28. The van der Waals surface area contributed by atoms with Crippen molar-refractivity contribution in [3.05, 3.63) is 48.3 Å². The van der Waals surface area contributed by atoms with Gasteiger partial charge in [0.25, 0.3) is 0 Å². The first-order valence-corrected chi connectivity index (χ1v) is 6.35. The summed E-state index contributed by atoms with van der Waals surface area (Å²) in [4.78, 5) is 16.9. The summed E-state index contributed by atoms with van der Waals surface area (Å²) in [5, 5.41) is 2.88. The van der Waals surface area contributed by atoms with Gasteiger partial charge in [0, 0.05) is 25.0 Å². The molecule has 0 radical (unpaired) electrons. The largest absolute Gasteiger partial charge is 0.357 e. The maximum absolute atomic E-state index is 13.6. The Morgan fingerprint density at radius 1 is 1.14 bits per heavy atom. The van der Waals surface area contributed by atoms with Crippen molar-refractivity contribution in [1.29, 1.82) is 0 Å². The second-order valence-corrected chi connectivity index (χ2v) is 4.52. The third kappa shape index (κ3) is 2.71. The Hall–Kier alpha value is -2.83. The average molecular weight is 284 g/mol. The first kappa shape index (κ1) is 13.2. The Labute approximate surface area is 120 Å². The van der Waals surface area contributed by atoms with Gasteiger partial charge in [-0.2, -0.15) is 15.0 Å². The Kier molecular flexibility index (Phi) is 3.31. The standard InChI is InChI=1S/C14H13FN6/c1-9-5-10(7-11(15)6-9)12-18-13(16-2)20-14(19-12)21-4-3-17-8-21/h3-8H,1-2H3,(H,16,18,19,20).